The molecule has 118 valence electrons. The summed E-state index contributed by atoms with van der Waals surface area (Å²) in [5.74, 6) is 0.444. The first kappa shape index (κ1) is 17.4. The van der Waals surface area contributed by atoms with Crippen molar-refractivity contribution in [1.82, 2.24) is 9.97 Å². The Bertz CT molecular complexity index is 771. The van der Waals surface area contributed by atoms with E-state index in [-0.39, 0.29) is 11.2 Å². The summed E-state index contributed by atoms with van der Waals surface area (Å²) in [5, 5.41) is 12.3. The summed E-state index contributed by atoms with van der Waals surface area (Å²) in [7, 11) is 0. The maximum atomic E-state index is 12.3. The largest absolute Gasteiger partial charge is 0.325 e. The molecule has 7 heteroatoms. The topological polar surface area (TPSA) is 78.7 Å². The van der Waals surface area contributed by atoms with Gasteiger partial charge in [-0.2, -0.15) is 5.26 Å². The number of aromatic nitrogens is 2. The van der Waals surface area contributed by atoms with Gasteiger partial charge < -0.3 is 5.32 Å². The average Bonchev–Trinajstić information content (AvgIpc) is 2.49. The van der Waals surface area contributed by atoms with E-state index >= 15 is 0 Å². The van der Waals surface area contributed by atoms with Crippen molar-refractivity contribution in [3.63, 3.8) is 0 Å². The molecule has 0 bridgehead atoms. The van der Waals surface area contributed by atoms with Crippen LogP contribution < -0.4 is 5.32 Å². The lowest BCUT2D eigenvalue weighted by Crippen LogP contribution is -2.22. The lowest BCUT2D eigenvalue weighted by Gasteiger charge is -2.13. The number of halogens is 1. The van der Waals surface area contributed by atoms with Gasteiger partial charge in [0.1, 0.15) is 22.5 Å². The Labute approximate surface area is 147 Å². The van der Waals surface area contributed by atoms with E-state index in [1.807, 2.05) is 24.3 Å². The maximum absolute atomic E-state index is 12.3. The molecule has 0 saturated carbocycles. The number of rotatable bonds is 4. The number of carbonyl (C=O) groups is 1. The number of hydrogen-bond donors (Lipinski definition) is 1. The Balaban J connectivity index is 2.12. The van der Waals surface area contributed by atoms with Crippen LogP contribution in [-0.2, 0) is 4.79 Å². The minimum Gasteiger partial charge on any atom is -0.325 e. The monoisotopic (exact) mass is 390 g/mol. The van der Waals surface area contributed by atoms with Gasteiger partial charge in [-0.25, -0.2) is 9.97 Å². The van der Waals surface area contributed by atoms with Crippen molar-refractivity contribution >= 4 is 39.3 Å². The van der Waals surface area contributed by atoms with Crippen molar-refractivity contribution in [1.29, 1.82) is 5.26 Å². The van der Waals surface area contributed by atoms with Crippen LogP contribution in [0, 0.1) is 25.2 Å². The number of aryl methyl sites for hydroxylation is 2. The Morgan fingerprint density at radius 2 is 1.96 bits per heavy atom. The van der Waals surface area contributed by atoms with Crippen LogP contribution in [0.2, 0.25) is 0 Å². The van der Waals surface area contributed by atoms with Crippen LogP contribution >= 0.6 is 27.7 Å². The van der Waals surface area contributed by atoms with Crippen molar-refractivity contribution in [3.05, 3.63) is 45.8 Å². The van der Waals surface area contributed by atoms with Crippen molar-refractivity contribution in [2.24, 2.45) is 0 Å². The summed E-state index contributed by atoms with van der Waals surface area (Å²) in [6, 6.07) is 9.46. The van der Waals surface area contributed by atoms with Crippen molar-refractivity contribution in [3.8, 4) is 6.07 Å². The molecule has 1 atom stereocenters. The van der Waals surface area contributed by atoms with Gasteiger partial charge in [0.05, 0.1) is 10.9 Å². The number of carbonyl (C=O) groups excluding carboxylic acids is 1. The predicted molar refractivity (Wildman–Crippen MR) is 94.3 cm³/mol. The van der Waals surface area contributed by atoms with Gasteiger partial charge in [0, 0.05) is 10.2 Å². The second-order valence-corrected chi connectivity index (χ2v) is 7.15. The molecule has 5 nitrogen and oxygen atoms in total. The summed E-state index contributed by atoms with van der Waals surface area (Å²) in [4.78, 5) is 20.8. The zero-order valence-electron chi connectivity index (χ0n) is 12.9. The minimum atomic E-state index is -0.389. The minimum absolute atomic E-state index is 0.143. The lowest BCUT2D eigenvalue weighted by molar-refractivity contribution is -0.115. The standard InChI is InChI=1S/C16H15BrN4OS/c1-9-14(8-18)16(20-11(3)19-9)23-10(2)15(22)21-13-6-4-12(17)5-7-13/h4-7,10H,1-3H3,(H,21,22). The predicted octanol–water partition coefficient (Wildman–Crippen LogP) is 3.85. The smallest absolute Gasteiger partial charge is 0.237 e. The zero-order chi connectivity index (χ0) is 17.0. The van der Waals surface area contributed by atoms with Crippen LogP contribution in [0.5, 0.6) is 0 Å². The van der Waals surface area contributed by atoms with Gasteiger partial charge in [0.2, 0.25) is 5.91 Å². The van der Waals surface area contributed by atoms with E-state index in [0.717, 1.165) is 10.2 Å². The molecular formula is C16H15BrN4OS. The third-order valence-electron chi connectivity index (χ3n) is 3.05. The van der Waals surface area contributed by atoms with Crippen LogP contribution in [0.3, 0.4) is 0 Å². The highest BCUT2D eigenvalue weighted by Gasteiger charge is 2.19. The fourth-order valence-electron chi connectivity index (χ4n) is 1.89. The second kappa shape index (κ2) is 7.57. The third kappa shape index (κ3) is 4.53. The van der Waals surface area contributed by atoms with E-state index in [9.17, 15) is 10.1 Å². The molecule has 0 fully saturated rings. The van der Waals surface area contributed by atoms with Crippen LogP contribution in [0.1, 0.15) is 24.0 Å². The maximum Gasteiger partial charge on any atom is 0.237 e. The van der Waals surface area contributed by atoms with E-state index < -0.39 is 0 Å². The van der Waals surface area contributed by atoms with E-state index in [4.69, 9.17) is 0 Å². The quantitative estimate of drug-likeness (QED) is 0.633. The molecule has 0 saturated heterocycles. The number of amides is 1. The molecule has 1 unspecified atom stereocenters. The van der Waals surface area contributed by atoms with Gasteiger partial charge in [0.25, 0.3) is 0 Å². The summed E-state index contributed by atoms with van der Waals surface area (Å²) in [6.07, 6.45) is 0. The fraction of sp³-hybridized carbons (Fsp3) is 0.250. The molecule has 1 amide bonds. The number of nitriles is 1. The number of nitrogens with one attached hydrogen (secondary N) is 1. The molecule has 1 heterocycles. The third-order valence-corrected chi connectivity index (χ3v) is 4.66. The van der Waals surface area contributed by atoms with E-state index in [1.165, 1.54) is 11.8 Å². The zero-order valence-corrected chi connectivity index (χ0v) is 15.3. The summed E-state index contributed by atoms with van der Waals surface area (Å²) in [6.45, 7) is 5.32. The molecule has 0 aliphatic carbocycles. The highest BCUT2D eigenvalue weighted by atomic mass is 79.9. The van der Waals surface area contributed by atoms with Crippen LogP contribution in [0.25, 0.3) is 0 Å². The van der Waals surface area contributed by atoms with Gasteiger partial charge >= 0.3 is 0 Å². The lowest BCUT2D eigenvalue weighted by atomic mass is 10.3. The van der Waals surface area contributed by atoms with Crippen LogP contribution in [0.15, 0.2) is 33.8 Å². The summed E-state index contributed by atoms with van der Waals surface area (Å²) >= 11 is 4.61. The molecule has 23 heavy (non-hydrogen) atoms. The Kier molecular flexibility index (Phi) is 5.74. The molecule has 0 spiro atoms. The molecular weight excluding hydrogens is 376 g/mol. The highest BCUT2D eigenvalue weighted by Crippen LogP contribution is 2.27. The molecule has 0 aliphatic heterocycles. The van der Waals surface area contributed by atoms with Crippen molar-refractivity contribution in [2.75, 3.05) is 5.32 Å². The highest BCUT2D eigenvalue weighted by molar-refractivity contribution is 9.10. The Morgan fingerprint density at radius 1 is 1.30 bits per heavy atom. The molecule has 1 N–H and O–H groups in total. The molecule has 1 aromatic carbocycles. The number of thioether (sulfide) groups is 1. The van der Waals surface area contributed by atoms with E-state index in [2.05, 4.69) is 37.3 Å². The first-order valence-electron chi connectivity index (χ1n) is 6.89. The normalized spacial score (nSPS) is 11.6. The average molecular weight is 391 g/mol. The number of benzene rings is 1. The second-order valence-electron chi connectivity index (χ2n) is 4.90. The van der Waals surface area contributed by atoms with Gasteiger partial charge in [-0.1, -0.05) is 27.7 Å². The SMILES string of the molecule is Cc1nc(C)c(C#N)c(SC(C)C(=O)Nc2ccc(Br)cc2)n1. The Hall–Kier alpha value is -1.91. The number of hydrogen-bond acceptors (Lipinski definition) is 5. The van der Waals surface area contributed by atoms with Gasteiger partial charge in [0.15, 0.2) is 0 Å². The summed E-state index contributed by atoms with van der Waals surface area (Å²) < 4.78 is 0.948. The number of nitrogens with zero attached hydrogens (tertiary/aromatic N) is 3. The van der Waals surface area contributed by atoms with Gasteiger partial charge in [-0.15, -0.1) is 0 Å². The molecule has 2 rings (SSSR count). The molecule has 0 aliphatic rings. The van der Waals surface area contributed by atoms with Gasteiger partial charge in [-0.05, 0) is 45.0 Å². The molecule has 1 aromatic heterocycles. The van der Waals surface area contributed by atoms with E-state index in [0.29, 0.717) is 22.1 Å². The summed E-state index contributed by atoms with van der Waals surface area (Å²) in [5.41, 5.74) is 1.77. The molecule has 0 radical (unpaired) electrons. The first-order chi connectivity index (χ1) is 10.9. The van der Waals surface area contributed by atoms with E-state index in [1.54, 1.807) is 20.8 Å². The Morgan fingerprint density at radius 3 is 2.57 bits per heavy atom. The van der Waals surface area contributed by atoms with Gasteiger partial charge in [-0.3, -0.25) is 4.79 Å². The number of anilines is 1. The van der Waals surface area contributed by atoms with Crippen molar-refractivity contribution in [2.45, 2.75) is 31.0 Å². The van der Waals surface area contributed by atoms with Crippen molar-refractivity contribution < 1.29 is 4.79 Å². The molecule has 2 aromatic rings. The van der Waals surface area contributed by atoms with Crippen LogP contribution in [0.4, 0.5) is 5.69 Å². The van der Waals surface area contributed by atoms with Crippen LogP contribution in [-0.4, -0.2) is 21.1 Å². The first-order valence-corrected chi connectivity index (χ1v) is 8.56. The fourth-order valence-corrected chi connectivity index (χ4v) is 3.15.